The number of sulfonamides is 1. The van der Waals surface area contributed by atoms with Gasteiger partial charge in [-0.2, -0.15) is 0 Å². The lowest BCUT2D eigenvalue weighted by Crippen LogP contribution is -2.43. The van der Waals surface area contributed by atoms with Crippen molar-refractivity contribution < 1.29 is 22.7 Å². The van der Waals surface area contributed by atoms with Crippen molar-refractivity contribution in [3.05, 3.63) is 23.8 Å². The first-order valence-corrected chi connectivity index (χ1v) is 11.3. The molecular formula is C20H26N2O5S. The van der Waals surface area contributed by atoms with Gasteiger partial charge < -0.3 is 9.64 Å². The number of carbonyl (C=O) groups excluding carboxylic acids is 2. The lowest BCUT2D eigenvalue weighted by Gasteiger charge is -2.36. The number of hydrogen-bond donors (Lipinski definition) is 1. The summed E-state index contributed by atoms with van der Waals surface area (Å²) < 4.78 is 34.1. The standard InChI is InChI=1S/C20H26N2O5S/c1-19(2)13-6-7-20(19,17(23)10-13)12-28(25,26)21-14-4-5-16-15(11-14)18(24)22(3)8-9-27-16/h4-5,11,13,21H,6-10,12H2,1-3H3. The van der Waals surface area contributed by atoms with Crippen molar-refractivity contribution in [1.29, 1.82) is 0 Å². The number of likely N-dealkylation sites (N-methyl/N-ethyl adjacent to an activating group) is 1. The lowest BCUT2D eigenvalue weighted by atomic mass is 9.70. The van der Waals surface area contributed by atoms with Gasteiger partial charge in [0, 0.05) is 19.2 Å². The number of amides is 1. The summed E-state index contributed by atoms with van der Waals surface area (Å²) >= 11 is 0. The third-order valence-electron chi connectivity index (χ3n) is 7.09. The van der Waals surface area contributed by atoms with E-state index in [2.05, 4.69) is 4.72 Å². The van der Waals surface area contributed by atoms with Gasteiger partial charge in [-0.25, -0.2) is 8.42 Å². The van der Waals surface area contributed by atoms with Crippen LogP contribution in [0.25, 0.3) is 0 Å². The number of nitrogens with zero attached hydrogens (tertiary/aromatic N) is 1. The van der Waals surface area contributed by atoms with E-state index in [9.17, 15) is 18.0 Å². The van der Waals surface area contributed by atoms with Crippen LogP contribution in [0.15, 0.2) is 18.2 Å². The van der Waals surface area contributed by atoms with Gasteiger partial charge >= 0.3 is 0 Å². The molecule has 1 aromatic carbocycles. The molecule has 1 aliphatic heterocycles. The first-order valence-electron chi connectivity index (χ1n) is 9.62. The maximum Gasteiger partial charge on any atom is 0.257 e. The Hall–Kier alpha value is -2.09. The highest BCUT2D eigenvalue weighted by Crippen LogP contribution is 2.64. The zero-order chi connectivity index (χ0) is 20.3. The van der Waals surface area contributed by atoms with Gasteiger partial charge in [-0.3, -0.25) is 14.3 Å². The van der Waals surface area contributed by atoms with Gasteiger partial charge in [0.25, 0.3) is 5.91 Å². The molecule has 1 heterocycles. The number of rotatable bonds is 4. The van der Waals surface area contributed by atoms with Gasteiger partial charge in [0.05, 0.1) is 23.3 Å². The molecule has 0 spiro atoms. The molecule has 0 radical (unpaired) electrons. The summed E-state index contributed by atoms with van der Waals surface area (Å²) in [6.07, 6.45) is 1.98. The number of Topliss-reactive ketones (excluding diaryl/α,β-unsaturated/α-hetero) is 1. The Morgan fingerprint density at radius 2 is 2.04 bits per heavy atom. The minimum Gasteiger partial charge on any atom is -0.491 e. The summed E-state index contributed by atoms with van der Waals surface area (Å²) in [7, 11) is -2.09. The van der Waals surface area contributed by atoms with E-state index in [1.165, 1.54) is 6.07 Å². The molecule has 1 aromatic rings. The van der Waals surface area contributed by atoms with Gasteiger partial charge in [0.15, 0.2) is 0 Å². The van der Waals surface area contributed by atoms with E-state index in [-0.39, 0.29) is 28.8 Å². The summed E-state index contributed by atoms with van der Waals surface area (Å²) in [6, 6.07) is 4.71. The van der Waals surface area contributed by atoms with Gasteiger partial charge in [-0.1, -0.05) is 13.8 Å². The summed E-state index contributed by atoms with van der Waals surface area (Å²) in [4.78, 5) is 26.7. The van der Waals surface area contributed by atoms with E-state index in [1.807, 2.05) is 13.8 Å². The molecule has 2 bridgehead atoms. The van der Waals surface area contributed by atoms with E-state index >= 15 is 0 Å². The fraction of sp³-hybridized carbons (Fsp3) is 0.600. The number of carbonyl (C=O) groups is 2. The maximum atomic E-state index is 13.0. The van der Waals surface area contributed by atoms with Crippen molar-refractivity contribution in [3.8, 4) is 5.75 Å². The van der Waals surface area contributed by atoms with Crippen molar-refractivity contribution in [2.24, 2.45) is 16.7 Å². The maximum absolute atomic E-state index is 13.0. The van der Waals surface area contributed by atoms with Crippen LogP contribution >= 0.6 is 0 Å². The molecule has 2 unspecified atom stereocenters. The zero-order valence-corrected chi connectivity index (χ0v) is 17.3. The van der Waals surface area contributed by atoms with Gasteiger partial charge in [-0.05, 0) is 42.4 Å². The molecule has 7 nitrogen and oxygen atoms in total. The molecule has 28 heavy (non-hydrogen) atoms. The molecule has 2 fully saturated rings. The van der Waals surface area contributed by atoms with E-state index in [0.29, 0.717) is 43.0 Å². The Bertz CT molecular complexity index is 955. The van der Waals surface area contributed by atoms with Gasteiger partial charge in [0.2, 0.25) is 10.0 Å². The van der Waals surface area contributed by atoms with Crippen LogP contribution in [0, 0.1) is 16.7 Å². The summed E-state index contributed by atoms with van der Waals surface area (Å²) in [6.45, 7) is 4.88. The van der Waals surface area contributed by atoms with Crippen LogP contribution in [0.3, 0.4) is 0 Å². The third-order valence-corrected chi connectivity index (χ3v) is 8.51. The lowest BCUT2D eigenvalue weighted by molar-refractivity contribution is -0.128. The number of benzene rings is 1. The second-order valence-electron chi connectivity index (χ2n) is 8.81. The largest absolute Gasteiger partial charge is 0.491 e. The number of anilines is 1. The highest BCUT2D eigenvalue weighted by Gasteiger charge is 2.65. The smallest absolute Gasteiger partial charge is 0.257 e. The minimum atomic E-state index is -3.77. The normalized spacial score (nSPS) is 28.7. The summed E-state index contributed by atoms with van der Waals surface area (Å²) in [5.41, 5.74) is -0.509. The topological polar surface area (TPSA) is 92.8 Å². The van der Waals surface area contributed by atoms with Crippen molar-refractivity contribution in [2.75, 3.05) is 30.7 Å². The molecule has 3 aliphatic rings. The average Bonchev–Trinajstić information content (AvgIpc) is 2.87. The van der Waals surface area contributed by atoms with Crippen molar-refractivity contribution in [3.63, 3.8) is 0 Å². The van der Waals surface area contributed by atoms with Crippen molar-refractivity contribution >= 4 is 27.4 Å². The van der Waals surface area contributed by atoms with Gasteiger partial charge in [0.1, 0.15) is 18.1 Å². The highest BCUT2D eigenvalue weighted by molar-refractivity contribution is 7.92. The second kappa shape index (κ2) is 6.20. The molecular weight excluding hydrogens is 380 g/mol. The molecule has 0 saturated heterocycles. The molecule has 2 saturated carbocycles. The molecule has 2 atom stereocenters. The summed E-state index contributed by atoms with van der Waals surface area (Å²) in [5.74, 6) is 0.336. The quantitative estimate of drug-likeness (QED) is 0.828. The molecule has 1 amide bonds. The minimum absolute atomic E-state index is 0.0613. The summed E-state index contributed by atoms with van der Waals surface area (Å²) in [5, 5.41) is 0. The fourth-order valence-electron chi connectivity index (χ4n) is 5.13. The molecule has 8 heteroatoms. The molecule has 2 aliphatic carbocycles. The Morgan fingerprint density at radius 1 is 1.29 bits per heavy atom. The van der Waals surface area contributed by atoms with E-state index in [1.54, 1.807) is 24.1 Å². The van der Waals surface area contributed by atoms with Crippen LogP contribution in [0.5, 0.6) is 5.75 Å². The number of hydrogen-bond acceptors (Lipinski definition) is 5. The molecule has 0 aromatic heterocycles. The third kappa shape index (κ3) is 2.80. The number of ether oxygens (including phenoxy) is 1. The fourth-order valence-corrected chi connectivity index (χ4v) is 7.02. The Balaban J connectivity index is 1.60. The number of nitrogens with one attached hydrogen (secondary N) is 1. The van der Waals surface area contributed by atoms with Crippen LogP contribution < -0.4 is 9.46 Å². The second-order valence-corrected chi connectivity index (χ2v) is 10.5. The number of ketones is 1. The van der Waals surface area contributed by atoms with E-state index in [4.69, 9.17) is 4.74 Å². The first kappa shape index (κ1) is 19.2. The monoisotopic (exact) mass is 406 g/mol. The van der Waals surface area contributed by atoms with Crippen LogP contribution in [-0.2, 0) is 14.8 Å². The van der Waals surface area contributed by atoms with Gasteiger partial charge in [-0.15, -0.1) is 0 Å². The van der Waals surface area contributed by atoms with E-state index < -0.39 is 15.4 Å². The van der Waals surface area contributed by atoms with Crippen molar-refractivity contribution in [2.45, 2.75) is 33.1 Å². The Kier molecular flexibility index (Phi) is 4.26. The predicted molar refractivity (Wildman–Crippen MR) is 105 cm³/mol. The number of fused-ring (bicyclic) bond motifs is 3. The van der Waals surface area contributed by atoms with Crippen LogP contribution in [0.4, 0.5) is 5.69 Å². The van der Waals surface area contributed by atoms with Crippen LogP contribution in [0.2, 0.25) is 0 Å². The SMILES string of the molecule is CN1CCOc2ccc(NS(=O)(=O)CC34CCC(CC3=O)C4(C)C)cc2C1=O. The molecule has 4 rings (SSSR count). The average molecular weight is 407 g/mol. The van der Waals surface area contributed by atoms with Crippen molar-refractivity contribution in [1.82, 2.24) is 4.90 Å². The Labute approximate surface area is 165 Å². The van der Waals surface area contributed by atoms with Crippen LogP contribution in [0.1, 0.15) is 43.5 Å². The Morgan fingerprint density at radius 3 is 2.68 bits per heavy atom. The van der Waals surface area contributed by atoms with Crippen LogP contribution in [-0.4, -0.2) is 51.0 Å². The molecule has 152 valence electrons. The first-order chi connectivity index (χ1) is 13.1. The molecule has 1 N–H and O–H groups in total. The zero-order valence-electron chi connectivity index (χ0n) is 16.4. The van der Waals surface area contributed by atoms with E-state index in [0.717, 1.165) is 6.42 Å². The highest BCUT2D eigenvalue weighted by atomic mass is 32.2. The predicted octanol–water partition coefficient (Wildman–Crippen LogP) is 2.29.